The van der Waals surface area contributed by atoms with E-state index in [4.69, 9.17) is 9.84 Å². The van der Waals surface area contributed by atoms with Gasteiger partial charge in [0.1, 0.15) is 10.6 Å². The van der Waals surface area contributed by atoms with Crippen molar-refractivity contribution in [2.75, 3.05) is 19.5 Å². The lowest BCUT2D eigenvalue weighted by atomic mass is 10.2. The Morgan fingerprint density at radius 2 is 2.06 bits per heavy atom. The minimum atomic E-state index is -3.76. The van der Waals surface area contributed by atoms with E-state index in [1.54, 1.807) is 6.07 Å². The van der Waals surface area contributed by atoms with Gasteiger partial charge in [-0.2, -0.15) is 0 Å². The molecule has 0 aliphatic heterocycles. The first-order chi connectivity index (χ1) is 8.22. The molecule has 1 aromatic rings. The highest BCUT2D eigenvalue weighted by Gasteiger charge is 2.31. The molecule has 0 heterocycles. The Balaban J connectivity index is 3.24. The van der Waals surface area contributed by atoms with Gasteiger partial charge in [0.25, 0.3) is 0 Å². The van der Waals surface area contributed by atoms with Crippen molar-refractivity contribution in [3.63, 3.8) is 0 Å². The zero-order valence-electron chi connectivity index (χ0n) is 10.1. The Morgan fingerprint density at radius 3 is 2.56 bits per heavy atom. The van der Waals surface area contributed by atoms with Gasteiger partial charge in [0, 0.05) is 4.47 Å². The molecule has 0 spiro atoms. The largest absolute Gasteiger partial charge is 0.495 e. The van der Waals surface area contributed by atoms with E-state index >= 15 is 0 Å². The minimum Gasteiger partial charge on any atom is -0.495 e. The summed E-state index contributed by atoms with van der Waals surface area (Å²) in [6.07, 6.45) is 0. The van der Waals surface area contributed by atoms with E-state index in [1.807, 2.05) is 0 Å². The van der Waals surface area contributed by atoms with E-state index < -0.39 is 27.8 Å². The van der Waals surface area contributed by atoms with E-state index in [2.05, 4.69) is 15.9 Å². The van der Waals surface area contributed by atoms with E-state index in [-0.39, 0.29) is 10.6 Å². The van der Waals surface area contributed by atoms with Crippen LogP contribution in [-0.4, -0.2) is 43.7 Å². The standard InChI is InChI=1S/C11H15BrO5S/c1-11(14,6-13)7-18(15,16)10-5-8(12)3-4-9(10)17-2/h3-5,13-14H,6-7H2,1-2H3. The Kier molecular flexibility index (Phi) is 4.77. The predicted octanol–water partition coefficient (Wildman–Crippen LogP) is 0.975. The van der Waals surface area contributed by atoms with Gasteiger partial charge in [-0.3, -0.25) is 0 Å². The molecular formula is C11H15BrO5S. The maximum absolute atomic E-state index is 12.2. The van der Waals surface area contributed by atoms with Gasteiger partial charge in [0.2, 0.25) is 0 Å². The van der Waals surface area contributed by atoms with Gasteiger partial charge in [-0.15, -0.1) is 0 Å². The molecule has 18 heavy (non-hydrogen) atoms. The molecule has 1 aromatic carbocycles. The predicted molar refractivity (Wildman–Crippen MR) is 70.5 cm³/mol. The van der Waals surface area contributed by atoms with Crippen molar-refractivity contribution in [2.45, 2.75) is 17.4 Å². The van der Waals surface area contributed by atoms with Crippen LogP contribution in [0.25, 0.3) is 0 Å². The van der Waals surface area contributed by atoms with Crippen molar-refractivity contribution in [2.24, 2.45) is 0 Å². The van der Waals surface area contributed by atoms with Gasteiger partial charge < -0.3 is 14.9 Å². The molecule has 1 unspecified atom stereocenters. The van der Waals surface area contributed by atoms with Crippen molar-refractivity contribution < 1.29 is 23.4 Å². The summed E-state index contributed by atoms with van der Waals surface area (Å²) in [4.78, 5) is -0.0203. The molecule has 7 heteroatoms. The molecule has 0 aliphatic carbocycles. The fourth-order valence-electron chi connectivity index (χ4n) is 1.43. The number of hydrogen-bond acceptors (Lipinski definition) is 5. The van der Waals surface area contributed by atoms with Gasteiger partial charge in [-0.05, 0) is 25.1 Å². The number of halogens is 1. The molecule has 1 atom stereocenters. The van der Waals surface area contributed by atoms with Crippen LogP contribution in [0.15, 0.2) is 27.6 Å². The summed E-state index contributed by atoms with van der Waals surface area (Å²) in [6, 6.07) is 4.58. The van der Waals surface area contributed by atoms with Gasteiger partial charge in [0.15, 0.2) is 9.84 Å². The highest BCUT2D eigenvalue weighted by molar-refractivity contribution is 9.10. The highest BCUT2D eigenvalue weighted by Crippen LogP contribution is 2.29. The highest BCUT2D eigenvalue weighted by atomic mass is 79.9. The molecule has 0 amide bonds. The maximum Gasteiger partial charge on any atom is 0.184 e. The number of benzene rings is 1. The summed E-state index contributed by atoms with van der Waals surface area (Å²) < 4.78 is 29.9. The molecule has 0 aliphatic rings. The molecule has 5 nitrogen and oxygen atoms in total. The molecule has 1 rings (SSSR count). The Bertz CT molecular complexity index is 524. The van der Waals surface area contributed by atoms with Gasteiger partial charge in [-0.25, -0.2) is 8.42 Å². The van der Waals surface area contributed by atoms with E-state index in [0.717, 1.165) is 0 Å². The van der Waals surface area contributed by atoms with Gasteiger partial charge in [0.05, 0.1) is 25.1 Å². The molecule has 0 aromatic heterocycles. The third-order valence-corrected chi connectivity index (χ3v) is 4.79. The molecule has 0 saturated heterocycles. The van der Waals surface area contributed by atoms with Gasteiger partial charge in [-0.1, -0.05) is 15.9 Å². The second-order valence-corrected chi connectivity index (χ2v) is 7.08. The molecular weight excluding hydrogens is 324 g/mol. The van der Waals surface area contributed by atoms with Crippen LogP contribution in [0.3, 0.4) is 0 Å². The van der Waals surface area contributed by atoms with E-state index in [1.165, 1.54) is 26.2 Å². The summed E-state index contributed by atoms with van der Waals surface area (Å²) in [5.74, 6) is -0.379. The molecule has 0 fully saturated rings. The number of aliphatic hydroxyl groups is 2. The summed E-state index contributed by atoms with van der Waals surface area (Å²) in [5, 5.41) is 18.6. The van der Waals surface area contributed by atoms with Crippen LogP contribution in [0, 0.1) is 0 Å². The number of ether oxygens (including phenoxy) is 1. The van der Waals surface area contributed by atoms with Crippen LogP contribution in [-0.2, 0) is 9.84 Å². The molecule has 0 saturated carbocycles. The average Bonchev–Trinajstić information content (AvgIpc) is 2.28. The fraction of sp³-hybridized carbons (Fsp3) is 0.455. The fourth-order valence-corrected chi connectivity index (χ4v) is 3.77. The van der Waals surface area contributed by atoms with Crippen LogP contribution >= 0.6 is 15.9 Å². The Labute approximate surface area is 114 Å². The lowest BCUT2D eigenvalue weighted by Gasteiger charge is -2.20. The number of hydrogen-bond donors (Lipinski definition) is 2. The number of methoxy groups -OCH3 is 1. The Hall–Kier alpha value is -0.630. The zero-order valence-corrected chi connectivity index (χ0v) is 12.5. The third-order valence-electron chi connectivity index (χ3n) is 2.30. The first-order valence-corrected chi connectivity index (χ1v) is 7.56. The first-order valence-electron chi connectivity index (χ1n) is 5.11. The van der Waals surface area contributed by atoms with Crippen molar-refractivity contribution in [3.05, 3.63) is 22.7 Å². The van der Waals surface area contributed by atoms with Crippen molar-refractivity contribution in [1.29, 1.82) is 0 Å². The summed E-state index contributed by atoms with van der Waals surface area (Å²) in [5.41, 5.74) is -1.69. The Morgan fingerprint density at radius 1 is 1.44 bits per heavy atom. The number of sulfone groups is 1. The summed E-state index contributed by atoms with van der Waals surface area (Å²) >= 11 is 3.18. The molecule has 0 radical (unpaired) electrons. The smallest absolute Gasteiger partial charge is 0.184 e. The average molecular weight is 339 g/mol. The molecule has 0 bridgehead atoms. The summed E-state index contributed by atoms with van der Waals surface area (Å²) in [6.45, 7) is 0.623. The lowest BCUT2D eigenvalue weighted by molar-refractivity contribution is 0.0211. The molecule has 2 N–H and O–H groups in total. The van der Waals surface area contributed by atoms with Crippen LogP contribution < -0.4 is 4.74 Å². The SMILES string of the molecule is COc1ccc(Br)cc1S(=O)(=O)CC(C)(O)CO. The van der Waals surface area contributed by atoms with Crippen molar-refractivity contribution >= 4 is 25.8 Å². The second kappa shape index (κ2) is 5.56. The normalized spacial score (nSPS) is 15.2. The molecule has 102 valence electrons. The first kappa shape index (κ1) is 15.4. The lowest BCUT2D eigenvalue weighted by Crippen LogP contribution is -2.37. The quantitative estimate of drug-likeness (QED) is 0.835. The minimum absolute atomic E-state index is 0.0203. The monoisotopic (exact) mass is 338 g/mol. The van der Waals surface area contributed by atoms with Crippen LogP contribution in [0.2, 0.25) is 0 Å². The number of rotatable bonds is 5. The van der Waals surface area contributed by atoms with Crippen LogP contribution in [0.5, 0.6) is 5.75 Å². The van der Waals surface area contributed by atoms with E-state index in [9.17, 15) is 13.5 Å². The van der Waals surface area contributed by atoms with Crippen LogP contribution in [0.1, 0.15) is 6.92 Å². The third kappa shape index (κ3) is 3.68. The van der Waals surface area contributed by atoms with Gasteiger partial charge >= 0.3 is 0 Å². The summed E-state index contributed by atoms with van der Waals surface area (Å²) in [7, 11) is -2.39. The zero-order chi connectivity index (χ0) is 14.0. The second-order valence-electron chi connectivity index (χ2n) is 4.21. The number of aliphatic hydroxyl groups excluding tert-OH is 1. The van der Waals surface area contributed by atoms with Crippen LogP contribution in [0.4, 0.5) is 0 Å². The van der Waals surface area contributed by atoms with Crippen molar-refractivity contribution in [1.82, 2.24) is 0 Å². The van der Waals surface area contributed by atoms with Crippen molar-refractivity contribution in [3.8, 4) is 5.75 Å². The topological polar surface area (TPSA) is 83.8 Å². The maximum atomic E-state index is 12.2. The van der Waals surface area contributed by atoms with E-state index in [0.29, 0.717) is 4.47 Å².